The number of benzene rings is 3. The van der Waals surface area contributed by atoms with E-state index in [0.717, 1.165) is 34.3 Å². The lowest BCUT2D eigenvalue weighted by Crippen LogP contribution is -2.60. The van der Waals surface area contributed by atoms with Crippen LogP contribution in [0.5, 0.6) is 0 Å². The zero-order valence-electron chi connectivity index (χ0n) is 23.4. The quantitative estimate of drug-likeness (QED) is 0.397. The van der Waals surface area contributed by atoms with E-state index in [9.17, 15) is 30.0 Å². The highest BCUT2D eigenvalue weighted by molar-refractivity contribution is 7.90. The van der Waals surface area contributed by atoms with Crippen molar-refractivity contribution in [2.24, 2.45) is 0 Å². The molecule has 2 saturated heterocycles. The van der Waals surface area contributed by atoms with Crippen molar-refractivity contribution in [3.63, 3.8) is 0 Å². The molecule has 2 aliphatic rings. The number of hydrogen-bond acceptors (Lipinski definition) is 7. The van der Waals surface area contributed by atoms with E-state index in [1.807, 2.05) is 0 Å². The Labute approximate surface area is 253 Å². The van der Waals surface area contributed by atoms with E-state index in [0.29, 0.717) is 13.1 Å². The molecule has 0 unspecified atom stereocenters. The Morgan fingerprint density at radius 3 is 1.60 bits per heavy atom. The van der Waals surface area contributed by atoms with E-state index < -0.39 is 48.6 Å². The first-order valence-electron chi connectivity index (χ1n) is 14.0. The smallest absolute Gasteiger partial charge is 0.244 e. The Morgan fingerprint density at radius 1 is 0.558 bits per heavy atom. The van der Waals surface area contributed by atoms with Crippen LogP contribution in [0.15, 0.2) is 99.6 Å². The molecule has 43 heavy (non-hydrogen) atoms. The Balaban J connectivity index is 1.40. The van der Waals surface area contributed by atoms with Gasteiger partial charge in [-0.1, -0.05) is 49.2 Å². The van der Waals surface area contributed by atoms with Crippen molar-refractivity contribution < 1.29 is 30.0 Å². The second-order valence-corrected chi connectivity index (χ2v) is 16.2. The number of hydrogen-bond donors (Lipinski definition) is 1. The van der Waals surface area contributed by atoms with Gasteiger partial charge < -0.3 is 5.32 Å². The van der Waals surface area contributed by atoms with Gasteiger partial charge in [0.05, 0.1) is 14.7 Å². The zero-order chi connectivity index (χ0) is 30.7. The molecule has 5 rings (SSSR count). The molecule has 1 N–H and O–H groups in total. The van der Waals surface area contributed by atoms with E-state index in [2.05, 4.69) is 5.32 Å². The van der Waals surface area contributed by atoms with E-state index in [4.69, 9.17) is 0 Å². The van der Waals surface area contributed by atoms with Crippen LogP contribution in [0.2, 0.25) is 0 Å². The Kier molecular flexibility index (Phi) is 9.34. The standard InChI is InChI=1S/C29H34N4O7S3/c34-29(30-24-15-17-27(18-16-24)41(35,36)31-19-9-1-2-10-20-31)28-23-32(42(37,38)25-11-5-3-6-12-25)21-22-33(28)43(39,40)26-13-7-4-8-14-26/h3-8,11-18,28H,1-2,9-10,19-23H2,(H,30,34)/t28-/m0/s1. The van der Waals surface area contributed by atoms with Crippen LogP contribution in [0.3, 0.4) is 0 Å². The molecule has 0 radical (unpaired) electrons. The molecule has 14 heteroatoms. The lowest BCUT2D eigenvalue weighted by Gasteiger charge is -2.38. The molecule has 0 aliphatic carbocycles. The van der Waals surface area contributed by atoms with Crippen molar-refractivity contribution in [2.75, 3.05) is 38.0 Å². The van der Waals surface area contributed by atoms with Crippen LogP contribution < -0.4 is 5.32 Å². The van der Waals surface area contributed by atoms with Gasteiger partial charge in [-0.3, -0.25) is 4.79 Å². The van der Waals surface area contributed by atoms with Crippen molar-refractivity contribution in [1.29, 1.82) is 0 Å². The van der Waals surface area contributed by atoms with E-state index in [1.54, 1.807) is 36.4 Å². The number of carbonyl (C=O) groups is 1. The van der Waals surface area contributed by atoms with E-state index >= 15 is 0 Å². The molecule has 3 aromatic carbocycles. The average Bonchev–Trinajstić information content (AvgIpc) is 3.32. The molecular formula is C29H34N4O7S3. The normalized spacial score (nSPS) is 19.9. The number of nitrogens with one attached hydrogen (secondary N) is 1. The summed E-state index contributed by atoms with van der Waals surface area (Å²) in [6.07, 6.45) is 3.57. The average molecular weight is 647 g/mol. The molecule has 3 aromatic rings. The van der Waals surface area contributed by atoms with Gasteiger partial charge in [-0.25, -0.2) is 25.3 Å². The SMILES string of the molecule is O=C(Nc1ccc(S(=O)(=O)N2CCCCCC2)cc1)[C@@H]1CN(S(=O)(=O)c2ccccc2)CCN1S(=O)(=O)c1ccccc1. The minimum atomic E-state index is -4.16. The van der Waals surface area contributed by atoms with Gasteiger partial charge in [0.1, 0.15) is 6.04 Å². The third-order valence-corrected chi connectivity index (χ3v) is 13.4. The summed E-state index contributed by atoms with van der Waals surface area (Å²) in [4.78, 5) is 13.8. The fourth-order valence-electron chi connectivity index (χ4n) is 5.30. The van der Waals surface area contributed by atoms with Gasteiger partial charge in [0.15, 0.2) is 0 Å². The highest BCUT2D eigenvalue weighted by Crippen LogP contribution is 2.27. The number of anilines is 1. The number of piperazine rings is 1. The molecule has 0 aromatic heterocycles. The van der Waals surface area contributed by atoms with Gasteiger partial charge in [0, 0.05) is 38.4 Å². The van der Waals surface area contributed by atoms with Crippen LogP contribution in [0.1, 0.15) is 25.7 Å². The lowest BCUT2D eigenvalue weighted by molar-refractivity contribution is -0.120. The molecule has 2 fully saturated rings. The number of carbonyl (C=O) groups excluding carboxylic acids is 1. The maximum atomic E-state index is 13.7. The van der Waals surface area contributed by atoms with Gasteiger partial charge in [0.2, 0.25) is 36.0 Å². The van der Waals surface area contributed by atoms with Crippen molar-refractivity contribution in [3.8, 4) is 0 Å². The molecule has 0 spiro atoms. The molecule has 1 amide bonds. The first-order chi connectivity index (χ1) is 20.5. The predicted molar refractivity (Wildman–Crippen MR) is 162 cm³/mol. The van der Waals surface area contributed by atoms with Gasteiger partial charge in [-0.05, 0) is 61.4 Å². The number of sulfonamides is 3. The lowest BCUT2D eigenvalue weighted by atomic mass is 10.2. The first kappa shape index (κ1) is 31.3. The van der Waals surface area contributed by atoms with Crippen LogP contribution in [0.25, 0.3) is 0 Å². The molecule has 0 saturated carbocycles. The molecule has 2 aliphatic heterocycles. The summed E-state index contributed by atoms with van der Waals surface area (Å²) in [7, 11) is -11.9. The van der Waals surface area contributed by atoms with Crippen molar-refractivity contribution in [1.82, 2.24) is 12.9 Å². The number of rotatable bonds is 8. The van der Waals surface area contributed by atoms with Crippen LogP contribution in [0, 0.1) is 0 Å². The Hall–Kier alpha value is -3.14. The van der Waals surface area contributed by atoms with Crippen LogP contribution in [-0.4, -0.2) is 82.8 Å². The van der Waals surface area contributed by atoms with Crippen molar-refractivity contribution in [2.45, 2.75) is 46.4 Å². The van der Waals surface area contributed by atoms with Crippen LogP contribution in [0.4, 0.5) is 5.69 Å². The van der Waals surface area contributed by atoms with Gasteiger partial charge in [0.25, 0.3) is 0 Å². The van der Waals surface area contributed by atoms with Crippen LogP contribution >= 0.6 is 0 Å². The predicted octanol–water partition coefficient (Wildman–Crippen LogP) is 2.95. The van der Waals surface area contributed by atoms with E-state index in [-0.39, 0.29) is 33.5 Å². The molecule has 230 valence electrons. The summed E-state index contributed by atoms with van der Waals surface area (Å²) in [6.45, 7) is 0.119. The third kappa shape index (κ3) is 6.69. The second-order valence-electron chi connectivity index (χ2n) is 10.5. The summed E-state index contributed by atoms with van der Waals surface area (Å²) in [6, 6.07) is 19.7. The molecule has 0 bridgehead atoms. The van der Waals surface area contributed by atoms with Crippen LogP contribution in [-0.2, 0) is 34.9 Å². The number of amides is 1. The number of nitrogens with zero attached hydrogens (tertiary/aromatic N) is 3. The van der Waals surface area contributed by atoms with Crippen molar-refractivity contribution in [3.05, 3.63) is 84.9 Å². The fourth-order valence-corrected chi connectivity index (χ4v) is 9.86. The molecule has 2 heterocycles. The molecule has 11 nitrogen and oxygen atoms in total. The maximum absolute atomic E-state index is 13.7. The third-order valence-electron chi connectivity index (χ3n) is 7.65. The monoisotopic (exact) mass is 646 g/mol. The van der Waals surface area contributed by atoms with Gasteiger partial charge >= 0.3 is 0 Å². The largest absolute Gasteiger partial charge is 0.325 e. The summed E-state index contributed by atoms with van der Waals surface area (Å²) in [5.41, 5.74) is 0.250. The highest BCUT2D eigenvalue weighted by Gasteiger charge is 2.43. The summed E-state index contributed by atoms with van der Waals surface area (Å²) < 4.78 is 83.9. The Morgan fingerprint density at radius 2 is 1.05 bits per heavy atom. The molecule has 1 atom stereocenters. The van der Waals surface area contributed by atoms with Gasteiger partial charge in [-0.2, -0.15) is 12.9 Å². The van der Waals surface area contributed by atoms with Crippen molar-refractivity contribution >= 4 is 41.7 Å². The Bertz CT molecular complexity index is 1740. The summed E-state index contributed by atoms with van der Waals surface area (Å²) >= 11 is 0. The van der Waals surface area contributed by atoms with E-state index in [1.165, 1.54) is 52.8 Å². The molecular weight excluding hydrogens is 613 g/mol. The maximum Gasteiger partial charge on any atom is 0.244 e. The summed E-state index contributed by atoms with van der Waals surface area (Å²) in [5, 5.41) is 2.67. The fraction of sp³-hybridized carbons (Fsp3) is 0.345. The minimum absolute atomic E-state index is 0.0183. The highest BCUT2D eigenvalue weighted by atomic mass is 32.2. The zero-order valence-corrected chi connectivity index (χ0v) is 25.9. The topological polar surface area (TPSA) is 141 Å². The second kappa shape index (κ2) is 12.8. The first-order valence-corrected chi connectivity index (χ1v) is 18.4. The summed E-state index contributed by atoms with van der Waals surface area (Å²) in [5.74, 6) is -0.740. The van der Waals surface area contributed by atoms with Gasteiger partial charge in [-0.15, -0.1) is 0 Å². The minimum Gasteiger partial charge on any atom is -0.325 e.